The average Bonchev–Trinajstić information content (AvgIpc) is 2.77. The predicted molar refractivity (Wildman–Crippen MR) is 88.3 cm³/mol. The SMILES string of the molecule is CN=C(NCC(C)(C)N(C)C)N1CCC(CC(C)C)C1. The van der Waals surface area contributed by atoms with Crippen molar-refractivity contribution in [1.82, 2.24) is 15.1 Å². The van der Waals surface area contributed by atoms with E-state index in [0.717, 1.165) is 37.4 Å². The number of aliphatic imine (C=N–C) groups is 1. The molecule has 0 aromatic carbocycles. The second-order valence-electron chi connectivity index (χ2n) is 7.34. The van der Waals surface area contributed by atoms with Crippen molar-refractivity contribution in [2.24, 2.45) is 16.8 Å². The summed E-state index contributed by atoms with van der Waals surface area (Å²) >= 11 is 0. The predicted octanol–water partition coefficient (Wildman–Crippen LogP) is 2.27. The zero-order chi connectivity index (χ0) is 15.3. The van der Waals surface area contributed by atoms with Crippen molar-refractivity contribution in [3.63, 3.8) is 0 Å². The molecular weight excluding hydrogens is 248 g/mol. The highest BCUT2D eigenvalue weighted by atomic mass is 15.3. The maximum absolute atomic E-state index is 4.46. The average molecular weight is 282 g/mol. The van der Waals surface area contributed by atoms with Crippen LogP contribution in [0.5, 0.6) is 0 Å². The monoisotopic (exact) mass is 282 g/mol. The first-order valence-corrected chi connectivity index (χ1v) is 7.89. The van der Waals surface area contributed by atoms with Crippen LogP contribution in [0.1, 0.15) is 40.5 Å². The van der Waals surface area contributed by atoms with Crippen LogP contribution in [0.3, 0.4) is 0 Å². The summed E-state index contributed by atoms with van der Waals surface area (Å²) in [5, 5.41) is 3.54. The van der Waals surface area contributed by atoms with E-state index < -0.39 is 0 Å². The van der Waals surface area contributed by atoms with Crippen LogP contribution in [0.15, 0.2) is 4.99 Å². The van der Waals surface area contributed by atoms with E-state index in [9.17, 15) is 0 Å². The van der Waals surface area contributed by atoms with Crippen LogP contribution < -0.4 is 5.32 Å². The largest absolute Gasteiger partial charge is 0.354 e. The molecule has 0 radical (unpaired) electrons. The lowest BCUT2D eigenvalue weighted by Crippen LogP contribution is -2.51. The molecule has 0 aromatic rings. The molecule has 20 heavy (non-hydrogen) atoms. The number of hydrogen-bond acceptors (Lipinski definition) is 2. The molecule has 0 bridgehead atoms. The molecule has 4 nitrogen and oxygen atoms in total. The van der Waals surface area contributed by atoms with Gasteiger partial charge in [-0.2, -0.15) is 0 Å². The first-order valence-electron chi connectivity index (χ1n) is 7.89. The quantitative estimate of drug-likeness (QED) is 0.620. The minimum Gasteiger partial charge on any atom is -0.354 e. The fourth-order valence-electron chi connectivity index (χ4n) is 2.67. The number of rotatable bonds is 5. The van der Waals surface area contributed by atoms with Crippen molar-refractivity contribution in [3.8, 4) is 0 Å². The third-order valence-corrected chi connectivity index (χ3v) is 4.49. The first-order chi connectivity index (χ1) is 9.26. The number of likely N-dealkylation sites (N-methyl/N-ethyl adjacent to an activating group) is 1. The summed E-state index contributed by atoms with van der Waals surface area (Å²) < 4.78 is 0. The van der Waals surface area contributed by atoms with Gasteiger partial charge >= 0.3 is 0 Å². The lowest BCUT2D eigenvalue weighted by molar-refractivity contribution is 0.196. The van der Waals surface area contributed by atoms with Gasteiger partial charge in [-0.1, -0.05) is 13.8 Å². The summed E-state index contributed by atoms with van der Waals surface area (Å²) in [6.45, 7) is 12.3. The molecule has 1 rings (SSSR count). The highest BCUT2D eigenvalue weighted by Gasteiger charge is 2.27. The van der Waals surface area contributed by atoms with E-state index in [2.05, 4.69) is 61.9 Å². The molecular formula is C16H34N4. The van der Waals surface area contributed by atoms with Gasteiger partial charge in [0.05, 0.1) is 0 Å². The molecule has 1 saturated heterocycles. The molecule has 1 unspecified atom stereocenters. The molecule has 0 aliphatic carbocycles. The van der Waals surface area contributed by atoms with Crippen LogP contribution >= 0.6 is 0 Å². The Morgan fingerprint density at radius 3 is 2.55 bits per heavy atom. The Balaban J connectivity index is 2.49. The standard InChI is InChI=1S/C16H34N4/c1-13(2)10-14-8-9-20(11-14)15(17-5)18-12-16(3,4)19(6)7/h13-14H,8-12H2,1-7H3,(H,17,18). The molecule has 0 saturated carbocycles. The van der Waals surface area contributed by atoms with Gasteiger partial charge in [-0.25, -0.2) is 0 Å². The second-order valence-corrected chi connectivity index (χ2v) is 7.34. The number of nitrogens with one attached hydrogen (secondary N) is 1. The van der Waals surface area contributed by atoms with Gasteiger partial charge in [0.2, 0.25) is 0 Å². The van der Waals surface area contributed by atoms with Crippen molar-refractivity contribution < 1.29 is 0 Å². The normalized spacial score (nSPS) is 21.1. The molecule has 1 aliphatic rings. The van der Waals surface area contributed by atoms with Gasteiger partial charge in [0, 0.05) is 32.2 Å². The fraction of sp³-hybridized carbons (Fsp3) is 0.938. The Labute approximate surface area is 125 Å². The molecule has 1 N–H and O–H groups in total. The van der Waals surface area contributed by atoms with Gasteiger partial charge in [-0.15, -0.1) is 0 Å². The van der Waals surface area contributed by atoms with Crippen molar-refractivity contribution >= 4 is 5.96 Å². The molecule has 1 fully saturated rings. The minimum absolute atomic E-state index is 0.132. The Morgan fingerprint density at radius 1 is 1.40 bits per heavy atom. The van der Waals surface area contributed by atoms with Crippen LogP contribution in [0.2, 0.25) is 0 Å². The van der Waals surface area contributed by atoms with Crippen molar-refractivity contribution in [1.29, 1.82) is 0 Å². The smallest absolute Gasteiger partial charge is 0.193 e. The lowest BCUT2D eigenvalue weighted by Gasteiger charge is -2.34. The second kappa shape index (κ2) is 7.30. The molecule has 118 valence electrons. The van der Waals surface area contributed by atoms with Gasteiger partial charge in [0.15, 0.2) is 5.96 Å². The molecule has 1 atom stereocenters. The van der Waals surface area contributed by atoms with Crippen LogP contribution in [0.25, 0.3) is 0 Å². The van der Waals surface area contributed by atoms with E-state index >= 15 is 0 Å². The van der Waals surface area contributed by atoms with Gasteiger partial charge in [-0.05, 0) is 52.6 Å². The molecule has 0 aromatic heterocycles. The maximum atomic E-state index is 4.46. The van der Waals surface area contributed by atoms with E-state index in [1.807, 2.05) is 7.05 Å². The summed E-state index contributed by atoms with van der Waals surface area (Å²) in [7, 11) is 6.14. The molecule has 0 amide bonds. The highest BCUT2D eigenvalue weighted by Crippen LogP contribution is 2.23. The van der Waals surface area contributed by atoms with Crippen LogP contribution in [-0.4, -0.2) is 62.1 Å². The van der Waals surface area contributed by atoms with Crippen LogP contribution in [0, 0.1) is 11.8 Å². The third kappa shape index (κ3) is 4.97. The fourth-order valence-corrected chi connectivity index (χ4v) is 2.67. The van der Waals surface area contributed by atoms with Crippen molar-refractivity contribution in [3.05, 3.63) is 0 Å². The first kappa shape index (κ1) is 17.3. The van der Waals surface area contributed by atoms with Gasteiger partial charge < -0.3 is 15.1 Å². The van der Waals surface area contributed by atoms with Crippen LogP contribution in [-0.2, 0) is 0 Å². The summed E-state index contributed by atoms with van der Waals surface area (Å²) in [5.41, 5.74) is 0.132. The Morgan fingerprint density at radius 2 is 2.05 bits per heavy atom. The number of likely N-dealkylation sites (tertiary alicyclic amines) is 1. The molecule has 1 heterocycles. The topological polar surface area (TPSA) is 30.9 Å². The highest BCUT2D eigenvalue weighted by molar-refractivity contribution is 5.80. The maximum Gasteiger partial charge on any atom is 0.193 e. The van der Waals surface area contributed by atoms with Crippen molar-refractivity contribution in [2.45, 2.75) is 46.1 Å². The molecule has 1 aliphatic heterocycles. The van der Waals surface area contributed by atoms with E-state index in [-0.39, 0.29) is 5.54 Å². The summed E-state index contributed by atoms with van der Waals surface area (Å²) in [6, 6.07) is 0. The van der Waals surface area contributed by atoms with E-state index in [1.165, 1.54) is 12.8 Å². The van der Waals surface area contributed by atoms with E-state index in [0.29, 0.717) is 0 Å². The summed E-state index contributed by atoms with van der Waals surface area (Å²) in [6.07, 6.45) is 2.63. The van der Waals surface area contributed by atoms with E-state index in [4.69, 9.17) is 0 Å². The number of hydrogen-bond donors (Lipinski definition) is 1. The minimum atomic E-state index is 0.132. The molecule has 0 spiro atoms. The summed E-state index contributed by atoms with van der Waals surface area (Å²) in [4.78, 5) is 9.12. The third-order valence-electron chi connectivity index (χ3n) is 4.49. The van der Waals surface area contributed by atoms with Gasteiger partial charge in [0.25, 0.3) is 0 Å². The van der Waals surface area contributed by atoms with Crippen LogP contribution in [0.4, 0.5) is 0 Å². The Bertz CT molecular complexity index is 320. The van der Waals surface area contributed by atoms with Gasteiger partial charge in [-0.3, -0.25) is 4.99 Å². The lowest BCUT2D eigenvalue weighted by atomic mass is 9.97. The van der Waals surface area contributed by atoms with Gasteiger partial charge in [0.1, 0.15) is 0 Å². The number of nitrogens with zero attached hydrogens (tertiary/aromatic N) is 3. The molecule has 4 heteroatoms. The van der Waals surface area contributed by atoms with E-state index in [1.54, 1.807) is 0 Å². The Kier molecular flexibility index (Phi) is 6.31. The Hall–Kier alpha value is -0.770. The summed E-state index contributed by atoms with van der Waals surface area (Å²) in [5.74, 6) is 2.68. The number of guanidine groups is 1. The zero-order valence-corrected chi connectivity index (χ0v) is 14.5. The zero-order valence-electron chi connectivity index (χ0n) is 14.5. The van der Waals surface area contributed by atoms with Crippen molar-refractivity contribution in [2.75, 3.05) is 40.8 Å².